The number of nitrogens with zero attached hydrogens (tertiary/aromatic N) is 4. The quantitative estimate of drug-likeness (QED) is 0.102. The van der Waals surface area contributed by atoms with Crippen molar-refractivity contribution in [3.63, 3.8) is 0 Å². The van der Waals surface area contributed by atoms with Crippen LogP contribution in [0.3, 0.4) is 0 Å². The van der Waals surface area contributed by atoms with Crippen molar-refractivity contribution in [1.82, 2.24) is 30.0 Å². The smallest absolute Gasteiger partial charge is 0.262 e. The highest BCUT2D eigenvalue weighted by Crippen LogP contribution is 2.41. The molecule has 2 aromatic carbocycles. The first kappa shape index (κ1) is 41.7. The van der Waals surface area contributed by atoms with E-state index in [2.05, 4.69) is 15.6 Å². The van der Waals surface area contributed by atoms with Crippen LogP contribution in [0.15, 0.2) is 59.8 Å². The summed E-state index contributed by atoms with van der Waals surface area (Å²) < 4.78 is 13.3. The molecule has 14 heteroatoms. The van der Waals surface area contributed by atoms with Crippen LogP contribution in [0.5, 0.6) is 11.5 Å². The third-order valence-corrected chi connectivity index (χ3v) is 11.3. The Bertz CT molecular complexity index is 2260. The van der Waals surface area contributed by atoms with Crippen LogP contribution < -0.4 is 25.7 Å². The number of unbranched alkanes of at least 4 members (excludes halogenated alkanes) is 6. The molecule has 14 nitrogen and oxygen atoms in total. The molecule has 0 radical (unpaired) electrons. The SMILES string of the molecule is COc1cc(-c2cn(C)c(=O)c3cnccc23)cc(OC)c1C(C)N(C)CC(=O)NCCCCCCCCCc1cccc2c1C(=O)N(C1CCC(=O)NC1=O)C2=O. The van der Waals surface area contributed by atoms with Gasteiger partial charge in [0, 0.05) is 50.2 Å². The number of pyridine rings is 2. The van der Waals surface area contributed by atoms with E-state index in [9.17, 15) is 28.8 Å². The topological polar surface area (TPSA) is 169 Å². The van der Waals surface area contributed by atoms with Crippen LogP contribution in [0.4, 0.5) is 0 Å². The molecular formula is C44H52N6O8. The summed E-state index contributed by atoms with van der Waals surface area (Å²) in [5.41, 5.74) is 3.85. The van der Waals surface area contributed by atoms with E-state index >= 15 is 0 Å². The van der Waals surface area contributed by atoms with Gasteiger partial charge in [-0.25, -0.2) is 0 Å². The van der Waals surface area contributed by atoms with Crippen LogP contribution in [-0.2, 0) is 27.9 Å². The molecule has 5 amide bonds. The monoisotopic (exact) mass is 792 g/mol. The molecule has 0 saturated carbocycles. The third-order valence-electron chi connectivity index (χ3n) is 11.3. The molecule has 0 bridgehead atoms. The van der Waals surface area contributed by atoms with Gasteiger partial charge in [0.15, 0.2) is 0 Å². The molecule has 4 aromatic rings. The zero-order chi connectivity index (χ0) is 41.5. The number of rotatable bonds is 18. The number of carbonyl (C=O) groups excluding carboxylic acids is 5. The van der Waals surface area contributed by atoms with Gasteiger partial charge < -0.3 is 19.4 Å². The lowest BCUT2D eigenvalue weighted by atomic mass is 9.96. The lowest BCUT2D eigenvalue weighted by molar-refractivity contribution is -0.136. The molecular weight excluding hydrogens is 741 g/mol. The standard InChI is InChI=1S/C44H52N6O8/c1-27(39-35(57-4)22-29(23-36(39)58-5)33-25-49(3)42(54)32-24-45-21-19-30(32)33)48(2)26-38(52)46-20-12-10-8-6-7-9-11-14-28-15-13-16-31-40(28)44(56)50(43(31)55)34-17-18-37(51)47-41(34)53/h13,15-16,19,21-25,27,34H,6-12,14,17-18,20,26H2,1-5H3,(H,46,52)(H,47,51,53). The first-order chi connectivity index (χ1) is 27.9. The van der Waals surface area contributed by atoms with Crippen molar-refractivity contribution in [2.75, 3.05) is 34.4 Å². The molecule has 2 aliphatic heterocycles. The first-order valence-electron chi connectivity index (χ1n) is 19.9. The second-order valence-electron chi connectivity index (χ2n) is 15.1. The number of carbonyl (C=O) groups is 5. The normalized spacial score (nSPS) is 15.8. The summed E-state index contributed by atoms with van der Waals surface area (Å²) in [7, 11) is 6.82. The number of fused-ring (bicyclic) bond motifs is 2. The van der Waals surface area contributed by atoms with Gasteiger partial charge >= 0.3 is 0 Å². The van der Waals surface area contributed by atoms with Crippen LogP contribution in [0, 0.1) is 0 Å². The van der Waals surface area contributed by atoms with E-state index in [0.717, 1.165) is 77.5 Å². The molecule has 1 saturated heterocycles. The molecule has 0 spiro atoms. The second kappa shape index (κ2) is 18.6. The van der Waals surface area contributed by atoms with Crippen LogP contribution >= 0.6 is 0 Å². The average molecular weight is 793 g/mol. The highest BCUT2D eigenvalue weighted by atomic mass is 16.5. The first-order valence-corrected chi connectivity index (χ1v) is 19.9. The molecule has 4 heterocycles. The van der Waals surface area contributed by atoms with Gasteiger partial charge in [-0.3, -0.25) is 48.9 Å². The Balaban J connectivity index is 0.919. The zero-order valence-electron chi connectivity index (χ0n) is 33.9. The van der Waals surface area contributed by atoms with Crippen molar-refractivity contribution in [3.8, 4) is 22.6 Å². The highest BCUT2D eigenvalue weighted by Gasteiger charge is 2.45. The summed E-state index contributed by atoms with van der Waals surface area (Å²) in [6.45, 7) is 2.78. The minimum Gasteiger partial charge on any atom is -0.496 e. The van der Waals surface area contributed by atoms with Gasteiger partial charge in [-0.1, -0.05) is 44.2 Å². The lowest BCUT2D eigenvalue weighted by Crippen LogP contribution is -2.54. The van der Waals surface area contributed by atoms with Crippen molar-refractivity contribution >= 4 is 40.3 Å². The number of hydrogen-bond donors (Lipinski definition) is 2. The van der Waals surface area contributed by atoms with Gasteiger partial charge in [0.05, 0.1) is 42.8 Å². The number of benzene rings is 2. The maximum Gasteiger partial charge on any atom is 0.262 e. The fourth-order valence-corrected chi connectivity index (χ4v) is 8.03. The van der Waals surface area contributed by atoms with E-state index in [1.165, 1.54) is 0 Å². The number of hydrogen-bond acceptors (Lipinski definition) is 10. The highest BCUT2D eigenvalue weighted by molar-refractivity contribution is 6.24. The molecule has 58 heavy (non-hydrogen) atoms. The van der Waals surface area contributed by atoms with Crippen LogP contribution in [0.1, 0.15) is 103 Å². The Morgan fingerprint density at radius 1 is 0.931 bits per heavy atom. The maximum absolute atomic E-state index is 13.3. The van der Waals surface area contributed by atoms with E-state index in [-0.39, 0.29) is 36.9 Å². The lowest BCUT2D eigenvalue weighted by Gasteiger charge is -2.28. The molecule has 306 valence electrons. The second-order valence-corrected chi connectivity index (χ2v) is 15.1. The Kier molecular flexibility index (Phi) is 13.4. The van der Waals surface area contributed by atoms with E-state index in [0.29, 0.717) is 41.0 Å². The number of imide groups is 2. The van der Waals surface area contributed by atoms with E-state index in [4.69, 9.17) is 9.47 Å². The van der Waals surface area contributed by atoms with Gasteiger partial charge in [0.1, 0.15) is 17.5 Å². The average Bonchev–Trinajstić information content (AvgIpc) is 3.47. The molecule has 1 fully saturated rings. The predicted molar refractivity (Wildman–Crippen MR) is 219 cm³/mol. The van der Waals surface area contributed by atoms with Crippen molar-refractivity contribution in [2.45, 2.75) is 83.2 Å². The van der Waals surface area contributed by atoms with Gasteiger partial charge in [-0.2, -0.15) is 0 Å². The molecule has 2 N–H and O–H groups in total. The number of methoxy groups -OCH3 is 2. The Morgan fingerprint density at radius 3 is 2.31 bits per heavy atom. The van der Waals surface area contributed by atoms with E-state index < -0.39 is 29.7 Å². The number of amides is 5. The van der Waals surface area contributed by atoms with Crippen LogP contribution in [0.25, 0.3) is 21.9 Å². The molecule has 6 rings (SSSR count). The van der Waals surface area contributed by atoms with E-state index in [1.807, 2.05) is 43.1 Å². The molecule has 2 aliphatic rings. The molecule has 2 unspecified atom stereocenters. The van der Waals surface area contributed by atoms with Crippen molar-refractivity contribution < 1.29 is 33.4 Å². The molecule has 0 aliphatic carbocycles. The number of ether oxygens (including phenoxy) is 2. The minimum absolute atomic E-state index is 0.0676. The van der Waals surface area contributed by atoms with Crippen LogP contribution in [-0.4, -0.2) is 89.3 Å². The Morgan fingerprint density at radius 2 is 1.62 bits per heavy atom. The third kappa shape index (κ3) is 8.81. The Hall–Kier alpha value is -5.89. The van der Waals surface area contributed by atoms with Crippen LogP contribution in [0.2, 0.25) is 0 Å². The molecule has 2 atom stereocenters. The van der Waals surface area contributed by atoms with Gasteiger partial charge in [-0.05, 0) is 80.4 Å². The van der Waals surface area contributed by atoms with Gasteiger partial charge in [-0.15, -0.1) is 0 Å². The number of piperidine rings is 1. The number of nitrogens with one attached hydrogen (secondary N) is 2. The number of aromatic nitrogens is 2. The fraction of sp³-hybridized carbons (Fsp3) is 0.432. The summed E-state index contributed by atoms with van der Waals surface area (Å²) in [5, 5.41) is 6.59. The fourth-order valence-electron chi connectivity index (χ4n) is 8.03. The summed E-state index contributed by atoms with van der Waals surface area (Å²) >= 11 is 0. The van der Waals surface area contributed by atoms with E-state index in [1.54, 1.807) is 56.6 Å². The summed E-state index contributed by atoms with van der Waals surface area (Å²) in [4.78, 5) is 83.3. The zero-order valence-corrected chi connectivity index (χ0v) is 33.9. The molecule has 2 aromatic heterocycles. The van der Waals surface area contributed by atoms with Crippen molar-refractivity contribution in [2.24, 2.45) is 7.05 Å². The maximum atomic E-state index is 13.3. The largest absolute Gasteiger partial charge is 0.496 e. The number of aryl methyl sites for hydroxylation is 2. The van der Waals surface area contributed by atoms with Crippen molar-refractivity contribution in [1.29, 1.82) is 0 Å². The number of likely N-dealkylation sites (N-methyl/N-ethyl adjacent to an activating group) is 1. The summed E-state index contributed by atoms with van der Waals surface area (Å²) in [6, 6.07) is 9.77. The van der Waals surface area contributed by atoms with Crippen molar-refractivity contribution in [3.05, 3.63) is 87.6 Å². The minimum atomic E-state index is -0.970. The van der Waals surface area contributed by atoms with Gasteiger partial charge in [0.2, 0.25) is 17.7 Å². The predicted octanol–water partition coefficient (Wildman–Crippen LogP) is 5.10. The van der Waals surface area contributed by atoms with Gasteiger partial charge in [0.25, 0.3) is 17.4 Å². The summed E-state index contributed by atoms with van der Waals surface area (Å²) in [6.07, 6.45) is 12.8. The summed E-state index contributed by atoms with van der Waals surface area (Å²) in [5.74, 6) is -0.795. The Labute approximate surface area is 337 Å².